The molecule has 0 aliphatic carbocycles. The number of aryl methyl sites for hydroxylation is 1. The van der Waals surface area contributed by atoms with Crippen LogP contribution in [0.2, 0.25) is 0 Å². The van der Waals surface area contributed by atoms with Gasteiger partial charge in [0.05, 0.1) is 6.10 Å². The van der Waals surface area contributed by atoms with E-state index in [4.69, 9.17) is 0 Å². The topological polar surface area (TPSA) is 44.5 Å². The fourth-order valence-electron chi connectivity index (χ4n) is 3.68. The second kappa shape index (κ2) is 6.86. The first kappa shape index (κ1) is 16.1. The number of nitrogens with zero attached hydrogens (tertiary/aromatic N) is 4. The number of para-hydroxylation sites is 1. The van der Waals surface area contributed by atoms with Crippen molar-refractivity contribution in [1.29, 1.82) is 0 Å². The Balaban J connectivity index is 1.41. The van der Waals surface area contributed by atoms with Crippen LogP contribution in [0.5, 0.6) is 0 Å². The van der Waals surface area contributed by atoms with Crippen LogP contribution in [0, 0.1) is 0 Å². The van der Waals surface area contributed by atoms with Crippen molar-refractivity contribution in [3.63, 3.8) is 0 Å². The molecule has 1 aliphatic rings. The Morgan fingerprint density at radius 1 is 1.04 bits per heavy atom. The molecule has 0 radical (unpaired) electrons. The SMILES string of the molecule is Cn1cc([C@H](O)CN2CCN(c3ccccn3)CC2)c2ccccc21. The smallest absolute Gasteiger partial charge is 0.128 e. The molecule has 3 heterocycles. The molecule has 130 valence electrons. The van der Waals surface area contributed by atoms with Crippen molar-refractivity contribution in [2.24, 2.45) is 7.05 Å². The zero-order valence-electron chi connectivity index (χ0n) is 14.5. The summed E-state index contributed by atoms with van der Waals surface area (Å²) in [4.78, 5) is 9.07. The summed E-state index contributed by atoms with van der Waals surface area (Å²) in [5.41, 5.74) is 2.18. The summed E-state index contributed by atoms with van der Waals surface area (Å²) < 4.78 is 2.09. The molecule has 2 aromatic heterocycles. The van der Waals surface area contributed by atoms with Crippen molar-refractivity contribution >= 4 is 16.7 Å². The lowest BCUT2D eigenvalue weighted by molar-refractivity contribution is 0.110. The van der Waals surface area contributed by atoms with Gasteiger partial charge in [-0.25, -0.2) is 4.98 Å². The van der Waals surface area contributed by atoms with E-state index < -0.39 is 6.10 Å². The maximum atomic E-state index is 10.8. The van der Waals surface area contributed by atoms with E-state index in [0.717, 1.165) is 48.5 Å². The Bertz CT molecular complexity index is 837. The number of aromatic nitrogens is 2. The summed E-state index contributed by atoms with van der Waals surface area (Å²) in [5, 5.41) is 11.9. The third kappa shape index (κ3) is 3.25. The maximum absolute atomic E-state index is 10.8. The minimum atomic E-state index is -0.465. The molecule has 1 N–H and O–H groups in total. The first-order chi connectivity index (χ1) is 12.2. The number of benzene rings is 1. The molecular formula is C20H24N4O. The second-order valence-electron chi connectivity index (χ2n) is 6.70. The van der Waals surface area contributed by atoms with E-state index >= 15 is 0 Å². The van der Waals surface area contributed by atoms with Crippen LogP contribution < -0.4 is 4.90 Å². The summed E-state index contributed by atoms with van der Waals surface area (Å²) in [6.07, 6.45) is 3.43. The normalized spacial score (nSPS) is 17.1. The largest absolute Gasteiger partial charge is 0.387 e. The van der Waals surface area contributed by atoms with Gasteiger partial charge in [0.25, 0.3) is 0 Å². The first-order valence-corrected chi connectivity index (χ1v) is 8.83. The zero-order chi connectivity index (χ0) is 17.2. The molecule has 0 bridgehead atoms. The van der Waals surface area contributed by atoms with E-state index in [-0.39, 0.29) is 0 Å². The highest BCUT2D eigenvalue weighted by Crippen LogP contribution is 2.27. The highest BCUT2D eigenvalue weighted by molar-refractivity contribution is 5.84. The average Bonchev–Trinajstić information content (AvgIpc) is 3.00. The van der Waals surface area contributed by atoms with Gasteiger partial charge in [-0.05, 0) is 18.2 Å². The first-order valence-electron chi connectivity index (χ1n) is 8.83. The highest BCUT2D eigenvalue weighted by Gasteiger charge is 2.22. The fraction of sp³-hybridized carbons (Fsp3) is 0.350. The van der Waals surface area contributed by atoms with Gasteiger partial charge in [0, 0.05) is 68.6 Å². The number of pyridine rings is 1. The Labute approximate surface area is 148 Å². The van der Waals surface area contributed by atoms with E-state index in [1.807, 2.05) is 37.5 Å². The van der Waals surface area contributed by atoms with Crippen LogP contribution >= 0.6 is 0 Å². The Morgan fingerprint density at radius 2 is 1.80 bits per heavy atom. The number of fused-ring (bicyclic) bond motifs is 1. The average molecular weight is 336 g/mol. The van der Waals surface area contributed by atoms with Crippen LogP contribution in [0.25, 0.3) is 10.9 Å². The molecule has 3 aromatic rings. The van der Waals surface area contributed by atoms with Gasteiger partial charge in [-0.2, -0.15) is 0 Å². The maximum Gasteiger partial charge on any atom is 0.128 e. The van der Waals surface area contributed by atoms with Crippen molar-refractivity contribution < 1.29 is 5.11 Å². The highest BCUT2D eigenvalue weighted by atomic mass is 16.3. The van der Waals surface area contributed by atoms with Crippen molar-refractivity contribution in [3.8, 4) is 0 Å². The summed E-state index contributed by atoms with van der Waals surface area (Å²) in [6.45, 7) is 4.44. The lowest BCUT2D eigenvalue weighted by Gasteiger charge is -2.36. The Kier molecular flexibility index (Phi) is 4.42. The lowest BCUT2D eigenvalue weighted by atomic mass is 10.1. The summed E-state index contributed by atoms with van der Waals surface area (Å²) in [5.74, 6) is 1.04. The van der Waals surface area contributed by atoms with E-state index in [1.165, 1.54) is 0 Å². The van der Waals surface area contributed by atoms with Gasteiger partial charge in [0.2, 0.25) is 0 Å². The molecule has 1 aromatic carbocycles. The number of piperazine rings is 1. The van der Waals surface area contributed by atoms with Crippen molar-refractivity contribution in [1.82, 2.24) is 14.5 Å². The molecular weight excluding hydrogens is 312 g/mol. The molecule has 5 heteroatoms. The van der Waals surface area contributed by atoms with Crippen LogP contribution in [0.4, 0.5) is 5.82 Å². The van der Waals surface area contributed by atoms with Crippen LogP contribution in [-0.4, -0.2) is 52.3 Å². The number of β-amino-alcohol motifs (C(OH)–C–C–N with tert-alkyl or cyclic N) is 1. The molecule has 1 aliphatic heterocycles. The number of anilines is 1. The standard InChI is InChI=1S/C20H24N4O/c1-22-14-17(16-6-2-3-7-18(16)22)19(25)15-23-10-12-24(13-11-23)20-8-4-5-9-21-20/h2-9,14,19,25H,10-13,15H2,1H3/t19-/m1/s1. The lowest BCUT2D eigenvalue weighted by Crippen LogP contribution is -2.47. The predicted molar refractivity (Wildman–Crippen MR) is 101 cm³/mol. The Hall–Kier alpha value is -2.37. The van der Waals surface area contributed by atoms with Gasteiger partial charge in [0.1, 0.15) is 5.82 Å². The molecule has 0 saturated carbocycles. The summed E-state index contributed by atoms with van der Waals surface area (Å²) >= 11 is 0. The van der Waals surface area contributed by atoms with E-state index in [2.05, 4.69) is 43.7 Å². The third-order valence-electron chi connectivity index (χ3n) is 5.06. The molecule has 4 rings (SSSR count). The number of aliphatic hydroxyl groups excluding tert-OH is 1. The molecule has 1 saturated heterocycles. The van der Waals surface area contributed by atoms with Gasteiger partial charge in [-0.1, -0.05) is 24.3 Å². The molecule has 0 spiro atoms. The number of aliphatic hydroxyl groups is 1. The van der Waals surface area contributed by atoms with Gasteiger partial charge < -0.3 is 14.6 Å². The van der Waals surface area contributed by atoms with Gasteiger partial charge in [-0.3, -0.25) is 4.90 Å². The molecule has 5 nitrogen and oxygen atoms in total. The fourth-order valence-corrected chi connectivity index (χ4v) is 3.68. The van der Waals surface area contributed by atoms with E-state index in [9.17, 15) is 5.11 Å². The van der Waals surface area contributed by atoms with Gasteiger partial charge in [-0.15, -0.1) is 0 Å². The van der Waals surface area contributed by atoms with Crippen LogP contribution in [0.3, 0.4) is 0 Å². The van der Waals surface area contributed by atoms with Gasteiger partial charge in [0.15, 0.2) is 0 Å². The number of rotatable bonds is 4. The van der Waals surface area contributed by atoms with Crippen LogP contribution in [0.1, 0.15) is 11.7 Å². The van der Waals surface area contributed by atoms with Crippen molar-refractivity contribution in [2.45, 2.75) is 6.10 Å². The van der Waals surface area contributed by atoms with Gasteiger partial charge >= 0.3 is 0 Å². The molecule has 25 heavy (non-hydrogen) atoms. The van der Waals surface area contributed by atoms with Crippen molar-refractivity contribution in [2.75, 3.05) is 37.6 Å². The van der Waals surface area contributed by atoms with Crippen LogP contribution in [0.15, 0.2) is 54.9 Å². The van der Waals surface area contributed by atoms with E-state index in [1.54, 1.807) is 0 Å². The second-order valence-corrected chi connectivity index (χ2v) is 6.70. The van der Waals surface area contributed by atoms with E-state index in [0.29, 0.717) is 6.54 Å². The predicted octanol–water partition coefficient (Wildman–Crippen LogP) is 2.43. The minimum Gasteiger partial charge on any atom is -0.387 e. The quantitative estimate of drug-likeness (QED) is 0.795. The van der Waals surface area contributed by atoms with Crippen molar-refractivity contribution in [3.05, 3.63) is 60.4 Å². The molecule has 0 amide bonds. The number of hydrogen-bond donors (Lipinski definition) is 1. The minimum absolute atomic E-state index is 0.465. The molecule has 1 fully saturated rings. The third-order valence-corrected chi connectivity index (χ3v) is 5.06. The number of hydrogen-bond acceptors (Lipinski definition) is 4. The Morgan fingerprint density at radius 3 is 2.56 bits per heavy atom. The summed E-state index contributed by atoms with van der Waals surface area (Å²) in [7, 11) is 2.03. The molecule has 1 atom stereocenters. The van der Waals surface area contributed by atoms with Crippen LogP contribution in [-0.2, 0) is 7.05 Å². The molecule has 0 unspecified atom stereocenters. The summed E-state index contributed by atoms with van der Waals surface area (Å²) in [6, 6.07) is 14.3. The zero-order valence-corrected chi connectivity index (χ0v) is 14.5. The monoisotopic (exact) mass is 336 g/mol.